The molecule has 5 nitrogen and oxygen atoms in total. The molecule has 199 valence electrons. The average molecular weight is 509 g/mol. The molecule has 3 rings (SSSR count). The molecule has 8 heteroatoms. The molecule has 1 unspecified atom stereocenters. The number of carbonyl (C=O) groups excluding carboxylic acids is 2. The van der Waals surface area contributed by atoms with Gasteiger partial charge in [0, 0.05) is 32.4 Å². The van der Waals surface area contributed by atoms with E-state index in [4.69, 9.17) is 4.74 Å². The number of esters is 1. The lowest BCUT2D eigenvalue weighted by Crippen LogP contribution is -2.56. The summed E-state index contributed by atoms with van der Waals surface area (Å²) in [5.41, 5.74) is 1.32. The summed E-state index contributed by atoms with van der Waals surface area (Å²) in [6.45, 7) is 9.19. The standard InChI is InChI=1S/C28H37F3NO4/c1-17-8-6-7-9-22(17)16-32(26(34)14-28(29,30)31)15-19(3)23-11-10-20(4)27(35)13-25(36-21(5)33)18(2)12-24(23)27/h6-9,12-13,19-20,23-25,35H,10-11,14-16H2,1-5H3/t19?,20-,23+,24-,25-,27-/m1/s1. The maximum absolute atomic E-state index is 13.1. The van der Waals surface area contributed by atoms with E-state index in [1.165, 1.54) is 11.8 Å². The minimum absolute atomic E-state index is 0.0614. The fourth-order valence-corrected chi connectivity index (χ4v) is 5.77. The van der Waals surface area contributed by atoms with Gasteiger partial charge in [0.05, 0.1) is 5.60 Å². The molecule has 0 spiro atoms. The molecule has 1 aromatic rings. The molecule has 1 radical (unpaired) electrons. The van der Waals surface area contributed by atoms with E-state index in [0.717, 1.165) is 23.1 Å². The maximum Gasteiger partial charge on any atom is 0.397 e. The molecule has 36 heavy (non-hydrogen) atoms. The number of carbonyl (C=O) groups is 2. The highest BCUT2D eigenvalue weighted by atomic mass is 19.4. The molecule has 1 amide bonds. The lowest BCUT2D eigenvalue weighted by atomic mass is 9.57. The predicted octanol–water partition coefficient (Wildman–Crippen LogP) is 5.40. The van der Waals surface area contributed by atoms with Crippen molar-refractivity contribution in [2.75, 3.05) is 6.54 Å². The Balaban J connectivity index is 1.86. The fraction of sp³-hybridized carbons (Fsp3) is 0.607. The van der Waals surface area contributed by atoms with Crippen LogP contribution in [0.1, 0.15) is 58.1 Å². The number of rotatable bonds is 7. The van der Waals surface area contributed by atoms with Gasteiger partial charge >= 0.3 is 12.1 Å². The molecule has 0 aliphatic heterocycles. The monoisotopic (exact) mass is 508 g/mol. The summed E-state index contributed by atoms with van der Waals surface area (Å²) in [5, 5.41) is 11.7. The predicted molar refractivity (Wildman–Crippen MR) is 130 cm³/mol. The molecule has 0 aromatic heterocycles. The van der Waals surface area contributed by atoms with Crippen molar-refractivity contribution in [2.45, 2.75) is 78.3 Å². The Hall–Kier alpha value is -2.35. The molecule has 2 aliphatic rings. The van der Waals surface area contributed by atoms with E-state index in [1.807, 2.05) is 58.0 Å². The second kappa shape index (κ2) is 11.0. The Morgan fingerprint density at radius 2 is 1.89 bits per heavy atom. The van der Waals surface area contributed by atoms with Crippen molar-refractivity contribution in [3.63, 3.8) is 0 Å². The van der Waals surface area contributed by atoms with Crippen LogP contribution in [-0.2, 0) is 20.9 Å². The summed E-state index contributed by atoms with van der Waals surface area (Å²) in [7, 11) is 0. The van der Waals surface area contributed by atoms with E-state index in [-0.39, 0.29) is 36.8 Å². The van der Waals surface area contributed by atoms with Crippen LogP contribution in [0.3, 0.4) is 0 Å². The number of fused-ring (bicyclic) bond motifs is 1. The van der Waals surface area contributed by atoms with Gasteiger partial charge in [-0.1, -0.05) is 44.2 Å². The van der Waals surface area contributed by atoms with Crippen LogP contribution in [0.25, 0.3) is 0 Å². The highest BCUT2D eigenvalue weighted by molar-refractivity contribution is 5.77. The number of ether oxygens (including phenoxy) is 1. The molecule has 0 saturated heterocycles. The lowest BCUT2D eigenvalue weighted by molar-refractivity contribution is -0.162. The molecule has 1 aromatic carbocycles. The lowest BCUT2D eigenvalue weighted by Gasteiger charge is -2.53. The van der Waals surface area contributed by atoms with E-state index >= 15 is 0 Å². The normalized spacial score (nSPS) is 29.1. The average Bonchev–Trinajstić information content (AvgIpc) is 2.75. The van der Waals surface area contributed by atoms with Gasteiger partial charge in [0.2, 0.25) is 5.91 Å². The largest absolute Gasteiger partial charge is 0.458 e. The number of halogens is 3. The number of aliphatic hydroxyl groups is 1. The third kappa shape index (κ3) is 6.50. The Labute approximate surface area is 211 Å². The van der Waals surface area contributed by atoms with E-state index in [2.05, 4.69) is 0 Å². The number of hydrogen-bond donors (Lipinski definition) is 1. The van der Waals surface area contributed by atoms with Crippen molar-refractivity contribution in [1.82, 2.24) is 4.90 Å². The molecule has 2 aliphatic carbocycles. The van der Waals surface area contributed by atoms with Crippen LogP contribution in [-0.4, -0.2) is 46.3 Å². The molecule has 1 N–H and O–H groups in total. The summed E-state index contributed by atoms with van der Waals surface area (Å²) in [4.78, 5) is 25.7. The van der Waals surface area contributed by atoms with Gasteiger partial charge in [-0.2, -0.15) is 13.2 Å². The maximum atomic E-state index is 13.1. The van der Waals surface area contributed by atoms with Crippen LogP contribution in [0.5, 0.6) is 0 Å². The first kappa shape index (κ1) is 28.2. The van der Waals surface area contributed by atoms with Crippen molar-refractivity contribution in [1.29, 1.82) is 0 Å². The SMILES string of the molecule is CC(=O)O[C@@H]1[CH][C@@]2(O)[C@H](C)CC[C@@H](C(C)CN(Cc3ccccc3C)C(=O)CC(F)(F)F)[C@H]2C=C1C. The summed E-state index contributed by atoms with van der Waals surface area (Å²) in [5.74, 6) is -1.99. The Bertz CT molecular complexity index is 991. The second-order valence-electron chi connectivity index (χ2n) is 10.6. The van der Waals surface area contributed by atoms with Gasteiger partial charge < -0.3 is 14.7 Å². The van der Waals surface area contributed by atoms with Crippen molar-refractivity contribution in [2.24, 2.45) is 23.7 Å². The Morgan fingerprint density at radius 1 is 1.22 bits per heavy atom. The Kier molecular flexibility index (Phi) is 8.59. The molecular formula is C28H37F3NO4. The Morgan fingerprint density at radius 3 is 2.50 bits per heavy atom. The quantitative estimate of drug-likeness (QED) is 0.396. The van der Waals surface area contributed by atoms with Crippen LogP contribution in [0.2, 0.25) is 0 Å². The first-order valence-corrected chi connectivity index (χ1v) is 12.5. The first-order valence-electron chi connectivity index (χ1n) is 12.5. The highest BCUT2D eigenvalue weighted by Crippen LogP contribution is 2.51. The van der Waals surface area contributed by atoms with Crippen molar-refractivity contribution in [3.8, 4) is 0 Å². The van der Waals surface area contributed by atoms with Crippen LogP contribution >= 0.6 is 0 Å². The molecular weight excluding hydrogens is 471 g/mol. The van der Waals surface area contributed by atoms with Crippen molar-refractivity contribution in [3.05, 3.63) is 53.5 Å². The van der Waals surface area contributed by atoms with E-state index in [0.29, 0.717) is 6.42 Å². The fourth-order valence-electron chi connectivity index (χ4n) is 5.77. The number of benzene rings is 1. The number of alkyl halides is 3. The number of hydrogen-bond acceptors (Lipinski definition) is 4. The second-order valence-corrected chi connectivity index (χ2v) is 10.6. The smallest absolute Gasteiger partial charge is 0.397 e. The van der Waals surface area contributed by atoms with Crippen LogP contribution in [0, 0.1) is 37.0 Å². The highest BCUT2D eigenvalue weighted by Gasteiger charge is 2.53. The van der Waals surface area contributed by atoms with Crippen LogP contribution < -0.4 is 0 Å². The zero-order chi connectivity index (χ0) is 26.8. The zero-order valence-electron chi connectivity index (χ0n) is 21.6. The van der Waals surface area contributed by atoms with Gasteiger partial charge in [-0.05, 0) is 61.1 Å². The van der Waals surface area contributed by atoms with Crippen molar-refractivity contribution >= 4 is 11.9 Å². The van der Waals surface area contributed by atoms with E-state index in [9.17, 15) is 27.9 Å². The summed E-state index contributed by atoms with van der Waals surface area (Å²) in [6, 6.07) is 7.36. The third-order valence-corrected chi connectivity index (χ3v) is 7.89. The topological polar surface area (TPSA) is 66.8 Å². The summed E-state index contributed by atoms with van der Waals surface area (Å²) < 4.78 is 44.8. The number of amides is 1. The van der Waals surface area contributed by atoms with E-state index in [1.54, 1.807) is 6.42 Å². The minimum Gasteiger partial charge on any atom is -0.458 e. The third-order valence-electron chi connectivity index (χ3n) is 7.89. The molecule has 0 heterocycles. The van der Waals surface area contributed by atoms with Crippen molar-refractivity contribution < 1.29 is 32.6 Å². The number of aryl methyl sites for hydroxylation is 1. The summed E-state index contributed by atoms with van der Waals surface area (Å²) >= 11 is 0. The zero-order valence-corrected chi connectivity index (χ0v) is 21.6. The summed E-state index contributed by atoms with van der Waals surface area (Å²) in [6.07, 6.45) is -1.56. The van der Waals surface area contributed by atoms with Gasteiger partial charge in [0.1, 0.15) is 12.5 Å². The van der Waals surface area contributed by atoms with E-state index < -0.39 is 36.2 Å². The van der Waals surface area contributed by atoms with Gasteiger partial charge in [0.15, 0.2) is 0 Å². The van der Waals surface area contributed by atoms with Gasteiger partial charge in [-0.25, -0.2) is 0 Å². The van der Waals surface area contributed by atoms with Gasteiger partial charge in [-0.15, -0.1) is 0 Å². The molecule has 6 atom stereocenters. The van der Waals surface area contributed by atoms with Crippen LogP contribution in [0.4, 0.5) is 13.2 Å². The number of nitrogens with zero attached hydrogens (tertiary/aromatic N) is 1. The molecule has 1 saturated carbocycles. The minimum atomic E-state index is -4.59. The molecule has 0 bridgehead atoms. The molecule has 1 fully saturated rings. The van der Waals surface area contributed by atoms with Gasteiger partial charge in [-0.3, -0.25) is 9.59 Å². The first-order chi connectivity index (χ1) is 16.7. The van der Waals surface area contributed by atoms with Crippen LogP contribution in [0.15, 0.2) is 35.9 Å². The van der Waals surface area contributed by atoms with Gasteiger partial charge in [0.25, 0.3) is 0 Å².